The largest absolute Gasteiger partial charge is 0.494 e. The summed E-state index contributed by atoms with van der Waals surface area (Å²) in [6.45, 7) is 8.52. The number of benzene rings is 1. The van der Waals surface area contributed by atoms with Crippen molar-refractivity contribution in [1.29, 1.82) is 0 Å². The second-order valence-electron chi connectivity index (χ2n) is 12.2. The van der Waals surface area contributed by atoms with Crippen molar-refractivity contribution in [2.45, 2.75) is 39.7 Å². The summed E-state index contributed by atoms with van der Waals surface area (Å²) in [5.74, 6) is 2.25. The van der Waals surface area contributed by atoms with E-state index in [1.165, 1.54) is 12.8 Å². The van der Waals surface area contributed by atoms with Gasteiger partial charge in [-0.15, -0.1) is 0 Å². The summed E-state index contributed by atoms with van der Waals surface area (Å²) in [7, 11) is 3.68. The minimum atomic E-state index is 0.0392. The van der Waals surface area contributed by atoms with E-state index in [2.05, 4.69) is 40.1 Å². The summed E-state index contributed by atoms with van der Waals surface area (Å²) in [6.07, 6.45) is 5.37. The Morgan fingerprint density at radius 3 is 2.76 bits per heavy atom. The highest BCUT2D eigenvalue weighted by Gasteiger charge is 2.56. The van der Waals surface area contributed by atoms with Gasteiger partial charge in [-0.05, 0) is 60.9 Å². The van der Waals surface area contributed by atoms with Crippen molar-refractivity contribution in [3.8, 4) is 17.3 Å². The Hall–Kier alpha value is -3.39. The molecule has 0 N–H and O–H groups in total. The van der Waals surface area contributed by atoms with E-state index >= 15 is 0 Å². The van der Waals surface area contributed by atoms with Crippen LogP contribution < -0.4 is 4.74 Å². The third kappa shape index (κ3) is 3.49. The van der Waals surface area contributed by atoms with Gasteiger partial charge in [-0.1, -0.05) is 13.8 Å². The molecule has 1 saturated carbocycles. The van der Waals surface area contributed by atoms with Crippen molar-refractivity contribution < 1.29 is 14.3 Å². The van der Waals surface area contributed by atoms with E-state index in [1.54, 1.807) is 7.11 Å². The van der Waals surface area contributed by atoms with E-state index in [1.807, 2.05) is 36.3 Å². The van der Waals surface area contributed by atoms with Gasteiger partial charge in [-0.3, -0.25) is 4.79 Å². The number of methoxy groups -OCH3 is 1. The van der Waals surface area contributed by atoms with Crippen molar-refractivity contribution in [1.82, 2.24) is 24.0 Å². The van der Waals surface area contributed by atoms with Crippen LogP contribution in [0.1, 0.15) is 43.5 Å². The second-order valence-corrected chi connectivity index (χ2v) is 12.2. The van der Waals surface area contributed by atoms with Crippen LogP contribution in [0.3, 0.4) is 0 Å². The molecule has 1 aromatic carbocycles. The molecule has 8 heteroatoms. The first-order valence-electron chi connectivity index (χ1n) is 13.7. The van der Waals surface area contributed by atoms with E-state index in [9.17, 15) is 4.79 Å². The first-order chi connectivity index (χ1) is 18.3. The molecule has 2 saturated heterocycles. The molecule has 3 aliphatic rings. The van der Waals surface area contributed by atoms with Crippen LogP contribution in [0.25, 0.3) is 33.6 Å². The molecule has 4 aromatic rings. The number of aromatic nitrogens is 4. The Labute approximate surface area is 222 Å². The molecule has 5 heterocycles. The number of pyridine rings is 1. The molecule has 0 unspecified atom stereocenters. The van der Waals surface area contributed by atoms with Crippen LogP contribution in [-0.2, 0) is 18.3 Å². The fraction of sp³-hybridized carbons (Fsp3) is 0.500. The molecule has 8 nitrogen and oxygen atoms in total. The Morgan fingerprint density at radius 1 is 1.21 bits per heavy atom. The molecule has 3 fully saturated rings. The zero-order valence-corrected chi connectivity index (χ0v) is 22.7. The number of carbonyl (C=O) groups is 1. The van der Waals surface area contributed by atoms with Crippen LogP contribution in [0, 0.1) is 16.7 Å². The Morgan fingerprint density at radius 2 is 2.03 bits per heavy atom. The highest BCUT2D eigenvalue weighted by atomic mass is 16.5. The normalized spacial score (nSPS) is 20.3. The predicted molar refractivity (Wildman–Crippen MR) is 146 cm³/mol. The van der Waals surface area contributed by atoms with E-state index in [0.717, 1.165) is 72.9 Å². The standard InChI is InChI=1S/C30H35N5O3/c1-29(2)18-38-11-9-30(29)16-34(17-30)28(36)21-12-22-25(24(14-21)37-4)33(3)27(32-22)23-13-20-6-5-10-31-26(20)35(23)15-19-7-8-19/h5-6,10,12-14,19H,7-9,11,15-18H2,1-4H3. The maximum atomic E-state index is 13.6. The average molecular weight is 514 g/mol. The molecule has 0 radical (unpaired) electrons. The van der Waals surface area contributed by atoms with Crippen molar-refractivity contribution in [2.75, 3.05) is 33.4 Å². The van der Waals surface area contributed by atoms with Gasteiger partial charge < -0.3 is 23.5 Å². The van der Waals surface area contributed by atoms with Gasteiger partial charge in [-0.2, -0.15) is 0 Å². The van der Waals surface area contributed by atoms with Crippen molar-refractivity contribution in [3.05, 3.63) is 42.1 Å². The van der Waals surface area contributed by atoms with Gasteiger partial charge in [0.15, 0.2) is 5.82 Å². The van der Waals surface area contributed by atoms with Crippen LogP contribution in [0.5, 0.6) is 5.75 Å². The number of nitrogens with zero attached hydrogens (tertiary/aromatic N) is 5. The lowest BCUT2D eigenvalue weighted by Gasteiger charge is -2.60. The monoisotopic (exact) mass is 513 g/mol. The lowest BCUT2D eigenvalue weighted by atomic mass is 9.58. The number of hydrogen-bond donors (Lipinski definition) is 0. The molecule has 1 aliphatic carbocycles. The average Bonchev–Trinajstić information content (AvgIpc) is 3.55. The molecular formula is C30H35N5O3. The zero-order chi connectivity index (χ0) is 26.2. The highest BCUT2D eigenvalue weighted by molar-refractivity contribution is 6.00. The second kappa shape index (κ2) is 8.30. The van der Waals surface area contributed by atoms with Crippen LogP contribution in [-0.4, -0.2) is 63.3 Å². The van der Waals surface area contributed by atoms with Crippen molar-refractivity contribution in [3.63, 3.8) is 0 Å². The number of aryl methyl sites for hydroxylation is 1. The number of hydrogen-bond acceptors (Lipinski definition) is 5. The van der Waals surface area contributed by atoms with Crippen LogP contribution in [0.4, 0.5) is 0 Å². The minimum Gasteiger partial charge on any atom is -0.494 e. The maximum Gasteiger partial charge on any atom is 0.254 e. The Kier molecular flexibility index (Phi) is 5.18. The van der Waals surface area contributed by atoms with E-state index in [4.69, 9.17) is 14.5 Å². The van der Waals surface area contributed by atoms with Gasteiger partial charge >= 0.3 is 0 Å². The van der Waals surface area contributed by atoms with E-state index in [-0.39, 0.29) is 16.7 Å². The fourth-order valence-electron chi connectivity index (χ4n) is 6.52. The molecular weight excluding hydrogens is 478 g/mol. The summed E-state index contributed by atoms with van der Waals surface area (Å²) in [4.78, 5) is 25.4. The predicted octanol–water partition coefficient (Wildman–Crippen LogP) is 4.90. The lowest BCUT2D eigenvalue weighted by Crippen LogP contribution is -2.67. The third-order valence-electron chi connectivity index (χ3n) is 9.32. The Bertz CT molecular complexity index is 1570. The van der Waals surface area contributed by atoms with Crippen LogP contribution >= 0.6 is 0 Å². The number of carbonyl (C=O) groups excluding carboxylic acids is 1. The smallest absolute Gasteiger partial charge is 0.254 e. The van der Waals surface area contributed by atoms with Gasteiger partial charge in [0.1, 0.15) is 16.9 Å². The topological polar surface area (TPSA) is 74.4 Å². The van der Waals surface area contributed by atoms with Gasteiger partial charge in [0.2, 0.25) is 0 Å². The minimum absolute atomic E-state index is 0.0392. The van der Waals surface area contributed by atoms with E-state index < -0.39 is 0 Å². The summed E-state index contributed by atoms with van der Waals surface area (Å²) in [6, 6.07) is 10.1. The van der Waals surface area contributed by atoms with Gasteiger partial charge in [0.25, 0.3) is 5.91 Å². The van der Waals surface area contributed by atoms with Crippen LogP contribution in [0.2, 0.25) is 0 Å². The fourth-order valence-corrected chi connectivity index (χ4v) is 6.52. The molecule has 3 aromatic heterocycles. The van der Waals surface area contributed by atoms with Crippen molar-refractivity contribution >= 4 is 28.0 Å². The van der Waals surface area contributed by atoms with Gasteiger partial charge in [0.05, 0.1) is 24.9 Å². The number of amides is 1. The molecule has 2 aliphatic heterocycles. The maximum absolute atomic E-state index is 13.6. The first-order valence-corrected chi connectivity index (χ1v) is 13.7. The van der Waals surface area contributed by atoms with E-state index in [0.29, 0.717) is 17.2 Å². The SMILES string of the molecule is COc1cc(C(=O)N2CC3(CCOCC3(C)C)C2)cc2nc(-c3cc4cccnc4n3CC3CC3)n(C)c12. The molecule has 38 heavy (non-hydrogen) atoms. The first kappa shape index (κ1) is 23.7. The quantitative estimate of drug-likeness (QED) is 0.380. The molecule has 0 atom stereocenters. The molecule has 1 spiro atoms. The Balaban J connectivity index is 1.27. The third-order valence-corrected chi connectivity index (χ3v) is 9.32. The summed E-state index contributed by atoms with van der Waals surface area (Å²) in [5.41, 5.74) is 4.52. The van der Waals surface area contributed by atoms with Gasteiger partial charge in [0, 0.05) is 55.9 Å². The molecule has 0 bridgehead atoms. The molecule has 7 rings (SSSR count). The lowest BCUT2D eigenvalue weighted by molar-refractivity contribution is -0.155. The summed E-state index contributed by atoms with van der Waals surface area (Å²) >= 11 is 0. The van der Waals surface area contributed by atoms with Crippen molar-refractivity contribution in [2.24, 2.45) is 23.8 Å². The number of rotatable bonds is 5. The highest BCUT2D eigenvalue weighted by Crippen LogP contribution is 2.51. The van der Waals surface area contributed by atoms with Crippen LogP contribution in [0.15, 0.2) is 36.5 Å². The summed E-state index contributed by atoms with van der Waals surface area (Å²) in [5, 5.41) is 1.11. The number of likely N-dealkylation sites (tertiary alicyclic amines) is 1. The van der Waals surface area contributed by atoms with Gasteiger partial charge in [-0.25, -0.2) is 9.97 Å². The number of imidazole rings is 1. The molecule has 198 valence electrons. The number of fused-ring (bicyclic) bond motifs is 2. The summed E-state index contributed by atoms with van der Waals surface area (Å²) < 4.78 is 16.0. The zero-order valence-electron chi connectivity index (χ0n) is 22.7. The number of ether oxygens (including phenoxy) is 2. The molecule has 1 amide bonds.